The maximum atomic E-state index is 12.1. The van der Waals surface area contributed by atoms with E-state index in [1.54, 1.807) is 0 Å². The summed E-state index contributed by atoms with van der Waals surface area (Å²) in [5, 5.41) is 56.3. The molecule has 5 unspecified atom stereocenters. The van der Waals surface area contributed by atoms with Crippen LogP contribution in [0.2, 0.25) is 0 Å². The summed E-state index contributed by atoms with van der Waals surface area (Å²) in [5.41, 5.74) is -0.720. The lowest BCUT2D eigenvalue weighted by Crippen LogP contribution is -2.61. The first-order chi connectivity index (χ1) is 19.3. The molecule has 1 saturated heterocycles. The minimum atomic E-state index is -1.41. The average Bonchev–Trinajstić information content (AvgIpc) is 2.92. The van der Waals surface area contributed by atoms with Crippen LogP contribution in [0.3, 0.4) is 0 Å². The summed E-state index contributed by atoms with van der Waals surface area (Å²) in [6, 6.07) is 2.49. The predicted octanol–water partition coefficient (Wildman–Crippen LogP) is -0.600. The van der Waals surface area contributed by atoms with Gasteiger partial charge in [0, 0.05) is 19.5 Å². The van der Waals surface area contributed by atoms with E-state index in [0.29, 0.717) is 6.42 Å². The molecule has 5 atom stereocenters. The van der Waals surface area contributed by atoms with E-state index < -0.39 is 53.4 Å². The van der Waals surface area contributed by atoms with Gasteiger partial charge in [0.1, 0.15) is 31.0 Å². The summed E-state index contributed by atoms with van der Waals surface area (Å²) in [5.74, 6) is -0.405. The number of aliphatic hydroxyl groups is 4. The smallest absolute Gasteiger partial charge is 0.278 e. The van der Waals surface area contributed by atoms with Gasteiger partial charge in [-0.3, -0.25) is 19.7 Å². The van der Waals surface area contributed by atoms with Gasteiger partial charge in [0.15, 0.2) is 11.5 Å². The highest BCUT2D eigenvalue weighted by atomic mass is 16.6. The van der Waals surface area contributed by atoms with E-state index in [2.05, 4.69) is 10.6 Å². The van der Waals surface area contributed by atoms with Crippen molar-refractivity contribution in [2.75, 3.05) is 40.0 Å². The predicted molar refractivity (Wildman–Crippen MR) is 143 cm³/mol. The van der Waals surface area contributed by atoms with Crippen LogP contribution in [0.15, 0.2) is 12.1 Å². The highest BCUT2D eigenvalue weighted by molar-refractivity contribution is 5.77. The van der Waals surface area contributed by atoms with E-state index in [9.17, 15) is 40.1 Å². The van der Waals surface area contributed by atoms with E-state index in [-0.39, 0.29) is 68.0 Å². The second-order valence-corrected chi connectivity index (χ2v) is 10.6. The number of rotatable bonds is 15. The van der Waals surface area contributed by atoms with E-state index in [1.807, 2.05) is 20.8 Å². The van der Waals surface area contributed by atoms with Gasteiger partial charge in [0.2, 0.25) is 11.8 Å². The van der Waals surface area contributed by atoms with Crippen LogP contribution in [0, 0.1) is 15.5 Å². The van der Waals surface area contributed by atoms with Crippen molar-refractivity contribution < 1.29 is 53.9 Å². The molecule has 1 aromatic rings. The van der Waals surface area contributed by atoms with Gasteiger partial charge in [-0.1, -0.05) is 20.8 Å². The highest BCUT2D eigenvalue weighted by Gasteiger charge is 2.47. The number of nitrogens with zero attached hydrogens (tertiary/aromatic N) is 1. The van der Waals surface area contributed by atoms with Gasteiger partial charge in [-0.15, -0.1) is 0 Å². The monoisotopic (exact) mass is 587 g/mol. The van der Waals surface area contributed by atoms with E-state index in [0.717, 1.165) is 6.07 Å². The Kier molecular flexibility index (Phi) is 13.1. The first kappa shape index (κ1) is 34.1. The van der Waals surface area contributed by atoms with Gasteiger partial charge in [0.05, 0.1) is 49.6 Å². The molecule has 1 aromatic carbocycles. The number of carbonyl (C=O) groups is 2. The van der Waals surface area contributed by atoms with E-state index in [4.69, 9.17) is 18.9 Å². The normalized spacial score (nSPS) is 22.6. The molecular formula is C26H41N3O12. The first-order valence-corrected chi connectivity index (χ1v) is 13.2. The van der Waals surface area contributed by atoms with Gasteiger partial charge in [0.25, 0.3) is 5.69 Å². The van der Waals surface area contributed by atoms with Crippen molar-refractivity contribution in [3.63, 3.8) is 0 Å². The third kappa shape index (κ3) is 10.1. The van der Waals surface area contributed by atoms with Crippen molar-refractivity contribution in [3.8, 4) is 11.5 Å². The summed E-state index contributed by atoms with van der Waals surface area (Å²) < 4.78 is 21.8. The standard InChI is InChI=1S/C26H41N3O12/c1-26(2,3)25-24(35)23(34)22(33)19(41-25)13-39-14-21(32)28-8-7-27-20(31)6-5-9-40-18-11-16(29(36)37)15(12-30)10-17(18)38-4/h10-11,19,22-25,30,33-35H,5-9,12-14H2,1-4H3,(H,27,31)(H,28,32). The van der Waals surface area contributed by atoms with Crippen LogP contribution in [0.25, 0.3) is 0 Å². The van der Waals surface area contributed by atoms with Crippen LogP contribution in [0.5, 0.6) is 11.5 Å². The number of ether oxygens (including phenoxy) is 4. The Balaban J connectivity index is 1.64. The van der Waals surface area contributed by atoms with Crippen LogP contribution in [0.1, 0.15) is 39.2 Å². The topological polar surface area (TPSA) is 219 Å². The summed E-state index contributed by atoms with van der Waals surface area (Å²) in [7, 11) is 1.36. The Morgan fingerprint density at radius 1 is 1.05 bits per heavy atom. The number of benzene rings is 1. The molecule has 6 N–H and O–H groups in total. The van der Waals surface area contributed by atoms with Gasteiger partial charge in [-0.05, 0) is 17.9 Å². The number of nitro benzene ring substituents is 1. The van der Waals surface area contributed by atoms with Crippen LogP contribution >= 0.6 is 0 Å². The molecule has 2 rings (SSSR count). The highest BCUT2D eigenvalue weighted by Crippen LogP contribution is 2.35. The van der Waals surface area contributed by atoms with Crippen molar-refractivity contribution in [2.24, 2.45) is 5.41 Å². The van der Waals surface area contributed by atoms with Crippen molar-refractivity contribution in [3.05, 3.63) is 27.8 Å². The molecule has 0 radical (unpaired) electrons. The van der Waals surface area contributed by atoms with Gasteiger partial charge < -0.3 is 50.0 Å². The zero-order chi connectivity index (χ0) is 30.7. The molecule has 15 heteroatoms. The van der Waals surface area contributed by atoms with Gasteiger partial charge in [-0.2, -0.15) is 0 Å². The fraction of sp³-hybridized carbons (Fsp3) is 0.692. The number of nitrogens with one attached hydrogen (secondary N) is 2. The van der Waals surface area contributed by atoms with Gasteiger partial charge in [-0.25, -0.2) is 0 Å². The largest absolute Gasteiger partial charge is 0.493 e. The molecular weight excluding hydrogens is 546 g/mol. The molecule has 0 bridgehead atoms. The zero-order valence-corrected chi connectivity index (χ0v) is 23.7. The van der Waals surface area contributed by atoms with Crippen molar-refractivity contribution in [2.45, 2.75) is 70.7 Å². The summed E-state index contributed by atoms with van der Waals surface area (Å²) in [6.45, 7) is 4.83. The van der Waals surface area contributed by atoms with Crippen molar-refractivity contribution >= 4 is 17.5 Å². The molecule has 0 spiro atoms. The Morgan fingerprint density at radius 3 is 2.29 bits per heavy atom. The fourth-order valence-electron chi connectivity index (χ4n) is 4.19. The van der Waals surface area contributed by atoms with Crippen LogP contribution in [-0.4, -0.2) is 108 Å². The van der Waals surface area contributed by atoms with Crippen LogP contribution < -0.4 is 20.1 Å². The van der Waals surface area contributed by atoms with Gasteiger partial charge >= 0.3 is 0 Å². The molecule has 232 valence electrons. The molecule has 1 aliphatic heterocycles. The number of hydrogen-bond donors (Lipinski definition) is 6. The molecule has 2 amide bonds. The fourth-order valence-corrected chi connectivity index (χ4v) is 4.19. The Labute approximate surface area is 237 Å². The lowest BCUT2D eigenvalue weighted by atomic mass is 9.80. The molecule has 1 heterocycles. The van der Waals surface area contributed by atoms with Crippen LogP contribution in [-0.2, 0) is 25.7 Å². The maximum absolute atomic E-state index is 12.1. The number of aliphatic hydroxyl groups excluding tert-OH is 4. The number of amides is 2. The third-order valence-corrected chi connectivity index (χ3v) is 6.39. The van der Waals surface area contributed by atoms with E-state index >= 15 is 0 Å². The average molecular weight is 588 g/mol. The number of nitro groups is 1. The maximum Gasteiger partial charge on any atom is 0.278 e. The van der Waals surface area contributed by atoms with Crippen molar-refractivity contribution in [1.82, 2.24) is 10.6 Å². The summed E-state index contributed by atoms with van der Waals surface area (Å²) in [6.07, 6.45) is -5.29. The Bertz CT molecular complexity index is 1030. The number of carbonyl (C=O) groups excluding carboxylic acids is 2. The molecule has 0 aliphatic carbocycles. The lowest BCUT2D eigenvalue weighted by molar-refractivity contribution is -0.385. The minimum Gasteiger partial charge on any atom is -0.493 e. The van der Waals surface area contributed by atoms with Crippen molar-refractivity contribution in [1.29, 1.82) is 0 Å². The third-order valence-electron chi connectivity index (χ3n) is 6.39. The van der Waals surface area contributed by atoms with E-state index in [1.165, 1.54) is 13.2 Å². The molecule has 41 heavy (non-hydrogen) atoms. The zero-order valence-electron chi connectivity index (χ0n) is 23.7. The lowest BCUT2D eigenvalue weighted by Gasteiger charge is -2.45. The van der Waals surface area contributed by atoms with Crippen LogP contribution in [0.4, 0.5) is 5.69 Å². The molecule has 15 nitrogen and oxygen atoms in total. The molecule has 1 fully saturated rings. The molecule has 0 aromatic heterocycles. The Hall–Kier alpha value is -3.08. The minimum absolute atomic E-state index is 0.0827. The summed E-state index contributed by atoms with van der Waals surface area (Å²) in [4.78, 5) is 34.6. The summed E-state index contributed by atoms with van der Waals surface area (Å²) >= 11 is 0. The Morgan fingerprint density at radius 2 is 1.71 bits per heavy atom. The SMILES string of the molecule is COc1cc(CO)c([N+](=O)[O-])cc1OCCCC(=O)NCCNC(=O)COCC1OC(C(C)(C)C)C(O)C(O)C1O. The number of methoxy groups -OCH3 is 1. The first-order valence-electron chi connectivity index (χ1n) is 13.2. The quantitative estimate of drug-likeness (QED) is 0.0861. The number of hydrogen-bond acceptors (Lipinski definition) is 12. The second-order valence-electron chi connectivity index (χ2n) is 10.6. The second kappa shape index (κ2) is 15.8. The molecule has 0 saturated carbocycles. The molecule has 1 aliphatic rings.